The number of morpholine rings is 1. The topological polar surface area (TPSA) is 87.7 Å². The van der Waals surface area contributed by atoms with Crippen LogP contribution in [0.3, 0.4) is 0 Å². The Hall–Kier alpha value is -2.13. The van der Waals surface area contributed by atoms with Crippen LogP contribution in [0.5, 0.6) is 0 Å². The lowest BCUT2D eigenvalue weighted by molar-refractivity contribution is -0.114. The first-order valence-electron chi connectivity index (χ1n) is 8.42. The molecule has 1 aliphatic rings. The van der Waals surface area contributed by atoms with E-state index in [1.807, 2.05) is 0 Å². The fourth-order valence-corrected chi connectivity index (χ4v) is 4.14. The molecule has 2 N–H and O–H groups in total. The van der Waals surface area contributed by atoms with Gasteiger partial charge in [0.15, 0.2) is 0 Å². The number of carbonyl (C=O) groups excluding carboxylic acids is 1. The number of halogens is 1. The predicted molar refractivity (Wildman–Crippen MR) is 105 cm³/mol. The second-order valence-electron chi connectivity index (χ2n) is 5.95. The minimum absolute atomic E-state index is 0.0538. The molecule has 27 heavy (non-hydrogen) atoms. The monoisotopic (exact) mass is 409 g/mol. The van der Waals surface area contributed by atoms with E-state index in [0.29, 0.717) is 42.7 Å². The number of hydrogen-bond donors (Lipinski definition) is 2. The molecule has 0 saturated carbocycles. The van der Waals surface area contributed by atoms with E-state index in [0.717, 1.165) is 0 Å². The number of sulfonamides is 1. The van der Waals surface area contributed by atoms with Gasteiger partial charge in [-0.25, -0.2) is 8.42 Å². The molecule has 1 saturated heterocycles. The molecule has 7 nitrogen and oxygen atoms in total. The summed E-state index contributed by atoms with van der Waals surface area (Å²) in [6.45, 7) is 1.57. The molecular weight excluding hydrogens is 390 g/mol. The van der Waals surface area contributed by atoms with E-state index in [9.17, 15) is 13.2 Å². The van der Waals surface area contributed by atoms with Gasteiger partial charge in [0.25, 0.3) is 0 Å². The number of benzene rings is 2. The van der Waals surface area contributed by atoms with Gasteiger partial charge >= 0.3 is 0 Å². The fourth-order valence-electron chi connectivity index (χ4n) is 2.60. The number of nitrogens with zero attached hydrogens (tertiary/aromatic N) is 1. The first-order valence-corrected chi connectivity index (χ1v) is 10.2. The summed E-state index contributed by atoms with van der Waals surface area (Å²) in [6.07, 6.45) is 0. The number of amides is 1. The minimum atomic E-state index is -3.52. The van der Waals surface area contributed by atoms with Crippen LogP contribution < -0.4 is 10.6 Å². The number of nitrogens with one attached hydrogen (secondary N) is 2. The highest BCUT2D eigenvalue weighted by Crippen LogP contribution is 2.19. The Morgan fingerprint density at radius 1 is 1.00 bits per heavy atom. The van der Waals surface area contributed by atoms with Crippen LogP contribution in [0.4, 0.5) is 11.4 Å². The van der Waals surface area contributed by atoms with Gasteiger partial charge in [-0.1, -0.05) is 11.6 Å². The Bertz CT molecular complexity index is 880. The van der Waals surface area contributed by atoms with Crippen LogP contribution in [0.25, 0.3) is 0 Å². The molecule has 0 aromatic heterocycles. The lowest BCUT2D eigenvalue weighted by atomic mass is 10.3. The van der Waals surface area contributed by atoms with Crippen LogP contribution >= 0.6 is 11.6 Å². The zero-order valence-electron chi connectivity index (χ0n) is 14.5. The van der Waals surface area contributed by atoms with E-state index in [1.165, 1.54) is 16.4 Å². The van der Waals surface area contributed by atoms with Crippen LogP contribution in [0.15, 0.2) is 53.4 Å². The van der Waals surface area contributed by atoms with Gasteiger partial charge in [0.2, 0.25) is 15.9 Å². The maximum atomic E-state index is 12.6. The Morgan fingerprint density at radius 2 is 1.59 bits per heavy atom. The van der Waals surface area contributed by atoms with Crippen molar-refractivity contribution in [3.63, 3.8) is 0 Å². The molecule has 1 fully saturated rings. The van der Waals surface area contributed by atoms with E-state index >= 15 is 0 Å². The van der Waals surface area contributed by atoms with E-state index in [1.54, 1.807) is 36.4 Å². The molecule has 0 radical (unpaired) electrons. The molecule has 9 heteroatoms. The van der Waals surface area contributed by atoms with Gasteiger partial charge in [0.05, 0.1) is 24.7 Å². The summed E-state index contributed by atoms with van der Waals surface area (Å²) in [5, 5.41) is 6.31. The second-order valence-corrected chi connectivity index (χ2v) is 8.32. The van der Waals surface area contributed by atoms with Crippen molar-refractivity contribution in [2.45, 2.75) is 4.90 Å². The molecule has 0 aliphatic carbocycles. The quantitative estimate of drug-likeness (QED) is 0.765. The molecule has 1 aliphatic heterocycles. The Balaban J connectivity index is 1.55. The van der Waals surface area contributed by atoms with E-state index in [2.05, 4.69) is 10.6 Å². The third-order valence-electron chi connectivity index (χ3n) is 4.04. The van der Waals surface area contributed by atoms with Gasteiger partial charge in [-0.2, -0.15) is 4.31 Å². The summed E-state index contributed by atoms with van der Waals surface area (Å²) in [7, 11) is -3.52. The van der Waals surface area contributed by atoms with Gasteiger partial charge in [0.1, 0.15) is 0 Å². The van der Waals surface area contributed by atoms with Gasteiger partial charge in [-0.05, 0) is 48.5 Å². The van der Waals surface area contributed by atoms with Crippen LogP contribution in [0.2, 0.25) is 5.02 Å². The SMILES string of the molecule is O=C(CNc1ccc(S(=O)(=O)N2CCOCC2)cc1)Nc1ccc(Cl)cc1. The maximum absolute atomic E-state index is 12.6. The zero-order valence-corrected chi connectivity index (χ0v) is 16.1. The van der Waals surface area contributed by atoms with Crippen molar-refractivity contribution in [1.29, 1.82) is 0 Å². The molecule has 1 heterocycles. The fraction of sp³-hybridized carbons (Fsp3) is 0.278. The Kier molecular flexibility index (Phi) is 6.33. The van der Waals surface area contributed by atoms with Crippen LogP contribution in [-0.2, 0) is 19.6 Å². The summed E-state index contributed by atoms with van der Waals surface area (Å²) >= 11 is 5.81. The Morgan fingerprint density at radius 3 is 2.22 bits per heavy atom. The average molecular weight is 410 g/mol. The number of hydrogen-bond acceptors (Lipinski definition) is 5. The van der Waals surface area contributed by atoms with Gasteiger partial charge in [-0.15, -0.1) is 0 Å². The predicted octanol–water partition coefficient (Wildman–Crippen LogP) is 2.41. The van der Waals surface area contributed by atoms with Crippen molar-refractivity contribution in [2.24, 2.45) is 0 Å². The average Bonchev–Trinajstić information content (AvgIpc) is 2.69. The first kappa shape index (κ1) is 19.6. The van der Waals surface area contributed by atoms with Crippen molar-refractivity contribution in [1.82, 2.24) is 4.31 Å². The first-order chi connectivity index (χ1) is 12.9. The summed E-state index contributed by atoms with van der Waals surface area (Å²) in [5.41, 5.74) is 1.31. The van der Waals surface area contributed by atoms with Crippen LogP contribution in [-0.4, -0.2) is 51.5 Å². The molecule has 0 unspecified atom stereocenters. The molecule has 0 spiro atoms. The summed E-state index contributed by atoms with van der Waals surface area (Å²) in [5.74, 6) is -0.220. The number of carbonyl (C=O) groups is 1. The lowest BCUT2D eigenvalue weighted by Crippen LogP contribution is -2.40. The lowest BCUT2D eigenvalue weighted by Gasteiger charge is -2.26. The normalized spacial score (nSPS) is 15.3. The maximum Gasteiger partial charge on any atom is 0.243 e. The molecule has 144 valence electrons. The smallest absolute Gasteiger partial charge is 0.243 e. The number of rotatable bonds is 6. The largest absolute Gasteiger partial charge is 0.379 e. The summed E-state index contributed by atoms with van der Waals surface area (Å²) < 4.78 is 31.7. The van der Waals surface area contributed by atoms with Crippen LogP contribution in [0, 0.1) is 0 Å². The van der Waals surface area contributed by atoms with E-state index in [-0.39, 0.29) is 17.3 Å². The highest BCUT2D eigenvalue weighted by molar-refractivity contribution is 7.89. The molecule has 3 rings (SSSR count). The summed E-state index contributed by atoms with van der Waals surface area (Å²) in [4.78, 5) is 12.2. The van der Waals surface area contributed by atoms with Gasteiger partial charge in [-0.3, -0.25) is 4.79 Å². The molecule has 0 atom stereocenters. The second kappa shape index (κ2) is 8.71. The van der Waals surface area contributed by atoms with Crippen molar-refractivity contribution in [3.8, 4) is 0 Å². The molecule has 2 aromatic carbocycles. The molecule has 1 amide bonds. The van der Waals surface area contributed by atoms with Crippen molar-refractivity contribution < 1.29 is 17.9 Å². The third-order valence-corrected chi connectivity index (χ3v) is 6.21. The van der Waals surface area contributed by atoms with Crippen molar-refractivity contribution in [3.05, 3.63) is 53.6 Å². The number of ether oxygens (including phenoxy) is 1. The highest BCUT2D eigenvalue weighted by Gasteiger charge is 2.26. The van der Waals surface area contributed by atoms with Crippen molar-refractivity contribution in [2.75, 3.05) is 43.5 Å². The molecular formula is C18H20ClN3O4S. The summed E-state index contributed by atoms with van der Waals surface area (Å²) in [6, 6.07) is 13.2. The molecule has 2 aromatic rings. The van der Waals surface area contributed by atoms with Crippen molar-refractivity contribution >= 4 is 38.9 Å². The van der Waals surface area contributed by atoms with Crippen LogP contribution in [0.1, 0.15) is 0 Å². The Labute approximate surface area is 163 Å². The highest BCUT2D eigenvalue weighted by atomic mass is 35.5. The zero-order chi connectivity index (χ0) is 19.3. The number of anilines is 2. The van der Waals surface area contributed by atoms with Gasteiger partial charge in [0, 0.05) is 29.5 Å². The van der Waals surface area contributed by atoms with E-state index in [4.69, 9.17) is 16.3 Å². The molecule has 0 bridgehead atoms. The van der Waals surface area contributed by atoms with Gasteiger partial charge < -0.3 is 15.4 Å². The standard InChI is InChI=1S/C18H20ClN3O4S/c19-14-1-3-16(4-2-14)21-18(23)13-20-15-5-7-17(8-6-15)27(24,25)22-9-11-26-12-10-22/h1-8,20H,9-13H2,(H,21,23). The van der Waals surface area contributed by atoms with E-state index < -0.39 is 10.0 Å². The minimum Gasteiger partial charge on any atom is -0.379 e. The third kappa shape index (κ3) is 5.20.